The molecule has 0 aromatic heterocycles. The molecule has 6 aliphatic rings. The van der Waals surface area contributed by atoms with Gasteiger partial charge in [-0.25, -0.2) is 4.39 Å². The molecule has 6 aliphatic heterocycles. The number of halogens is 1. The number of rotatable bonds is 5. The number of carbonyl (C=O) groups is 8. The van der Waals surface area contributed by atoms with Crippen LogP contribution in [-0.2, 0) is 19.2 Å². The maximum absolute atomic E-state index is 13.2. The van der Waals surface area contributed by atoms with Crippen molar-refractivity contribution in [1.82, 2.24) is 25.8 Å². The first-order valence-corrected chi connectivity index (χ1v) is 18.5. The Kier molecular flexibility index (Phi) is 12.1. The number of nitrogens with one attached hydrogen (secondary N) is 3. The van der Waals surface area contributed by atoms with E-state index in [1.807, 2.05) is 6.07 Å². The molecular weight excluding hydrogens is 719 g/mol. The van der Waals surface area contributed by atoms with Gasteiger partial charge < -0.3 is 20.4 Å². The average molecular weight is 763 g/mol. The van der Waals surface area contributed by atoms with Gasteiger partial charge in [-0.15, -0.1) is 0 Å². The minimum absolute atomic E-state index is 0.0537. The van der Waals surface area contributed by atoms with Crippen LogP contribution >= 0.6 is 0 Å². The van der Waals surface area contributed by atoms with Crippen molar-refractivity contribution in [2.24, 2.45) is 11.8 Å². The van der Waals surface area contributed by atoms with Crippen LogP contribution in [0.15, 0.2) is 36.4 Å². The highest BCUT2D eigenvalue weighted by molar-refractivity contribution is 6.24. The van der Waals surface area contributed by atoms with Crippen LogP contribution in [0.4, 0.5) is 10.1 Å². The van der Waals surface area contributed by atoms with Crippen molar-refractivity contribution >= 4 is 52.9 Å². The van der Waals surface area contributed by atoms with Crippen LogP contribution < -0.4 is 20.9 Å². The Bertz CT molecular complexity index is 1910. The second kappa shape index (κ2) is 17.0. The summed E-state index contributed by atoms with van der Waals surface area (Å²) in [4.78, 5) is 100. The van der Waals surface area contributed by atoms with Gasteiger partial charge in [0.25, 0.3) is 23.6 Å². The number of anilines is 1. The maximum Gasteiger partial charge on any atom is 0.262 e. The molecule has 2 unspecified atom stereocenters. The predicted molar refractivity (Wildman–Crippen MR) is 191 cm³/mol. The van der Waals surface area contributed by atoms with E-state index in [1.54, 1.807) is 12.1 Å². The van der Waals surface area contributed by atoms with Crippen molar-refractivity contribution in [3.05, 3.63) is 64.5 Å². The van der Waals surface area contributed by atoms with Gasteiger partial charge in [-0.05, 0) is 99.8 Å². The molecule has 0 spiro atoms. The molecule has 4 fully saturated rings. The minimum atomic E-state index is -1.02. The molecule has 55 heavy (non-hydrogen) atoms. The van der Waals surface area contributed by atoms with E-state index in [-0.39, 0.29) is 49.3 Å². The zero-order chi connectivity index (χ0) is 39.4. The minimum Gasteiger partial charge on any atom is -0.396 e. The summed E-state index contributed by atoms with van der Waals surface area (Å²) < 4.78 is 13.2. The quantitative estimate of drug-likeness (QED) is 0.263. The molecular formula is C38H43FN6O10. The molecule has 8 amide bonds. The molecule has 0 radical (unpaired) electrons. The Balaban J connectivity index is 0.000000160. The Morgan fingerprint density at radius 3 is 1.51 bits per heavy atom. The molecule has 2 aromatic rings. The molecule has 0 saturated carbocycles. The monoisotopic (exact) mass is 762 g/mol. The Hall–Kier alpha value is -5.39. The van der Waals surface area contributed by atoms with Crippen molar-refractivity contribution in [1.29, 1.82) is 0 Å². The smallest absolute Gasteiger partial charge is 0.262 e. The predicted octanol–water partition coefficient (Wildman–Crippen LogP) is 0.502. The summed E-state index contributed by atoms with van der Waals surface area (Å²) in [5.74, 6) is -4.18. The SMILES string of the molecule is O=C1CCC(N2C(=O)c3ccc(F)cc3C2=O)C(=O)N1.O=C1CCC(N2C(=O)c3ccc(N4CCC(CO)CC4)cc3C2=O)C(=O)N1.OCC1CCNCC1. The molecule has 2 atom stereocenters. The summed E-state index contributed by atoms with van der Waals surface area (Å²) in [5, 5.41) is 25.5. The first-order valence-electron chi connectivity index (χ1n) is 18.5. The first kappa shape index (κ1) is 39.3. The summed E-state index contributed by atoms with van der Waals surface area (Å²) in [6, 6.07) is 6.46. The molecule has 5 N–H and O–H groups in total. The standard InChI is InChI=1S/C19H21N3O5.C13H9FN2O4.C6H13NO/c23-10-11-5-7-21(8-6-11)12-1-2-13-14(9-12)19(27)22(18(13)26)15-3-4-16(24)20-17(15)25;14-6-1-2-7-8(5-6)13(20)16(12(7)19)9-3-4-10(17)15-11(9)18;8-5-6-1-3-7-4-2-6/h1-2,9,11,15,23H,3-8,10H2,(H,20,24,25);1-2,5,9H,3-4H2,(H,15,17,18);6-8H,1-5H2. The molecule has 292 valence electrons. The number of fused-ring (bicyclic) bond motifs is 2. The highest BCUT2D eigenvalue weighted by atomic mass is 19.1. The zero-order valence-corrected chi connectivity index (χ0v) is 30.1. The average Bonchev–Trinajstić information content (AvgIpc) is 3.58. The molecule has 17 heteroatoms. The van der Waals surface area contributed by atoms with Gasteiger partial charge in [-0.3, -0.25) is 58.8 Å². The Morgan fingerprint density at radius 1 is 0.582 bits per heavy atom. The summed E-state index contributed by atoms with van der Waals surface area (Å²) in [5.41, 5.74) is 1.46. The number of aliphatic hydroxyl groups excluding tert-OH is 2. The van der Waals surface area contributed by atoms with Crippen LogP contribution in [0.2, 0.25) is 0 Å². The van der Waals surface area contributed by atoms with Crippen LogP contribution in [0.1, 0.15) is 92.8 Å². The normalized spacial score (nSPS) is 23.1. The number of carbonyl (C=O) groups excluding carboxylic acids is 8. The molecule has 8 rings (SSSR count). The number of nitrogens with zero attached hydrogens (tertiary/aromatic N) is 3. The van der Waals surface area contributed by atoms with Crippen LogP contribution in [0.25, 0.3) is 0 Å². The van der Waals surface area contributed by atoms with Gasteiger partial charge in [0.15, 0.2) is 0 Å². The summed E-state index contributed by atoms with van der Waals surface area (Å²) in [6.45, 7) is 4.30. The number of hydrogen-bond donors (Lipinski definition) is 5. The van der Waals surface area contributed by atoms with Crippen molar-refractivity contribution in [3.8, 4) is 0 Å². The second-order valence-corrected chi connectivity index (χ2v) is 14.3. The van der Waals surface area contributed by atoms with Crippen LogP contribution in [-0.4, -0.2) is 119 Å². The molecule has 6 heterocycles. The number of piperidine rings is 4. The summed E-state index contributed by atoms with van der Waals surface area (Å²) in [6.07, 6.45) is 4.45. The highest BCUT2D eigenvalue weighted by Crippen LogP contribution is 2.32. The molecule has 2 aromatic carbocycles. The van der Waals surface area contributed by atoms with Gasteiger partial charge >= 0.3 is 0 Å². The van der Waals surface area contributed by atoms with Gasteiger partial charge in [0.2, 0.25) is 23.6 Å². The maximum atomic E-state index is 13.2. The van der Waals surface area contributed by atoms with E-state index >= 15 is 0 Å². The third-order valence-corrected chi connectivity index (χ3v) is 10.8. The molecule has 0 bridgehead atoms. The van der Waals surface area contributed by atoms with Crippen molar-refractivity contribution < 1.29 is 53.0 Å². The van der Waals surface area contributed by atoms with Crippen molar-refractivity contribution in [2.45, 2.75) is 63.5 Å². The van der Waals surface area contributed by atoms with E-state index < -0.39 is 59.3 Å². The van der Waals surface area contributed by atoms with Gasteiger partial charge in [0.1, 0.15) is 17.9 Å². The Labute approximate surface area is 315 Å². The fraction of sp³-hybridized carbons (Fsp3) is 0.474. The largest absolute Gasteiger partial charge is 0.396 e. The van der Waals surface area contributed by atoms with Crippen LogP contribution in [0, 0.1) is 17.7 Å². The van der Waals surface area contributed by atoms with E-state index in [9.17, 15) is 47.9 Å². The molecule has 16 nitrogen and oxygen atoms in total. The number of aliphatic hydroxyl groups is 2. The lowest BCUT2D eigenvalue weighted by molar-refractivity contribution is -0.137. The lowest BCUT2D eigenvalue weighted by atomic mass is 9.97. The Morgan fingerprint density at radius 2 is 1.04 bits per heavy atom. The van der Waals surface area contributed by atoms with E-state index in [0.29, 0.717) is 29.6 Å². The zero-order valence-electron chi connectivity index (χ0n) is 30.1. The first-order chi connectivity index (χ1) is 26.4. The third-order valence-electron chi connectivity index (χ3n) is 10.8. The fourth-order valence-electron chi connectivity index (χ4n) is 7.54. The number of amides is 8. The van der Waals surface area contributed by atoms with Gasteiger partial charge in [-0.2, -0.15) is 0 Å². The molecule has 4 saturated heterocycles. The van der Waals surface area contributed by atoms with Gasteiger partial charge in [0.05, 0.1) is 22.3 Å². The summed E-state index contributed by atoms with van der Waals surface area (Å²) >= 11 is 0. The summed E-state index contributed by atoms with van der Waals surface area (Å²) in [7, 11) is 0. The van der Waals surface area contributed by atoms with Crippen molar-refractivity contribution in [3.63, 3.8) is 0 Å². The third kappa shape index (κ3) is 8.33. The topological polar surface area (TPSA) is 223 Å². The van der Waals surface area contributed by atoms with Gasteiger partial charge in [-0.1, -0.05) is 0 Å². The van der Waals surface area contributed by atoms with E-state index in [4.69, 9.17) is 5.11 Å². The fourth-order valence-corrected chi connectivity index (χ4v) is 7.54. The van der Waals surface area contributed by atoms with Crippen molar-refractivity contribution in [2.75, 3.05) is 44.3 Å². The van der Waals surface area contributed by atoms with Gasteiger partial charge in [0, 0.05) is 44.8 Å². The van der Waals surface area contributed by atoms with E-state index in [1.165, 1.54) is 6.07 Å². The lowest BCUT2D eigenvalue weighted by Gasteiger charge is -2.33. The number of benzene rings is 2. The lowest BCUT2D eigenvalue weighted by Crippen LogP contribution is -2.54. The van der Waals surface area contributed by atoms with E-state index in [2.05, 4.69) is 20.9 Å². The number of imide groups is 4. The van der Waals surface area contributed by atoms with E-state index in [0.717, 1.165) is 79.5 Å². The number of hydrogen-bond acceptors (Lipinski definition) is 12. The van der Waals surface area contributed by atoms with Crippen LogP contribution in [0.3, 0.4) is 0 Å². The second-order valence-electron chi connectivity index (χ2n) is 14.3. The molecule has 0 aliphatic carbocycles. The van der Waals surface area contributed by atoms with Crippen LogP contribution in [0.5, 0.6) is 0 Å². The highest BCUT2D eigenvalue weighted by Gasteiger charge is 2.46.